The zero-order chi connectivity index (χ0) is 21.0. The average Bonchev–Trinajstić information content (AvgIpc) is 2.76. The summed E-state index contributed by atoms with van der Waals surface area (Å²) in [6.45, 7) is 10.4. The second kappa shape index (κ2) is 13.0. The summed E-state index contributed by atoms with van der Waals surface area (Å²) in [6.07, 6.45) is 11.0. The molecule has 1 unspecified atom stereocenters. The van der Waals surface area contributed by atoms with E-state index in [2.05, 4.69) is 70.2 Å². The highest BCUT2D eigenvalue weighted by molar-refractivity contribution is 5.86. The molecular formula is C27H42O2. The molecular weight excluding hydrogens is 356 g/mol. The van der Waals surface area contributed by atoms with E-state index in [1.165, 1.54) is 54.9 Å². The number of rotatable bonds is 15. The average molecular weight is 399 g/mol. The molecule has 2 nitrogen and oxygen atoms in total. The first kappa shape index (κ1) is 23.9. The van der Waals surface area contributed by atoms with Crippen LogP contribution in [-0.4, -0.2) is 13.2 Å². The summed E-state index contributed by atoms with van der Waals surface area (Å²) in [4.78, 5) is 0. The quantitative estimate of drug-likeness (QED) is 0.222. The van der Waals surface area contributed by atoms with Crippen molar-refractivity contribution in [2.75, 3.05) is 13.2 Å². The maximum Gasteiger partial charge on any atom is 0.198 e. The molecule has 0 N–H and O–H groups in total. The van der Waals surface area contributed by atoms with Crippen LogP contribution < -0.4 is 0 Å². The fourth-order valence-corrected chi connectivity index (χ4v) is 4.20. The SMILES string of the molecule is CCCCCCCCC(C)C(OCCC)(OCCC)c1cccc2ccccc12. The molecule has 0 aliphatic rings. The Morgan fingerprint density at radius 1 is 0.724 bits per heavy atom. The van der Waals surface area contributed by atoms with Crippen molar-refractivity contribution in [1.82, 2.24) is 0 Å². The molecule has 0 aromatic heterocycles. The fraction of sp³-hybridized carbons (Fsp3) is 0.630. The van der Waals surface area contributed by atoms with Crippen LogP contribution in [0.25, 0.3) is 10.8 Å². The van der Waals surface area contributed by atoms with Gasteiger partial charge < -0.3 is 9.47 Å². The number of benzene rings is 2. The third-order valence-corrected chi connectivity index (χ3v) is 5.85. The Bertz CT molecular complexity index is 681. The lowest BCUT2D eigenvalue weighted by atomic mass is 9.85. The number of hydrogen-bond donors (Lipinski definition) is 0. The van der Waals surface area contributed by atoms with Crippen LogP contribution in [0.2, 0.25) is 0 Å². The van der Waals surface area contributed by atoms with Crippen LogP contribution >= 0.6 is 0 Å². The van der Waals surface area contributed by atoms with E-state index in [1.54, 1.807) is 0 Å². The zero-order valence-electron chi connectivity index (χ0n) is 19.2. The summed E-state index contributed by atoms with van der Waals surface area (Å²) in [7, 11) is 0. The van der Waals surface area contributed by atoms with Crippen molar-refractivity contribution in [3.05, 3.63) is 48.0 Å². The summed E-state index contributed by atoms with van der Waals surface area (Å²) in [6, 6.07) is 15.2. The van der Waals surface area contributed by atoms with Gasteiger partial charge in [0.2, 0.25) is 0 Å². The molecule has 0 aliphatic heterocycles. The molecule has 0 radical (unpaired) electrons. The largest absolute Gasteiger partial charge is 0.346 e. The van der Waals surface area contributed by atoms with Crippen LogP contribution in [0.15, 0.2) is 42.5 Å². The van der Waals surface area contributed by atoms with Gasteiger partial charge in [-0.15, -0.1) is 0 Å². The molecule has 0 spiro atoms. The molecule has 1 atom stereocenters. The minimum Gasteiger partial charge on any atom is -0.346 e. The highest BCUT2D eigenvalue weighted by Gasteiger charge is 2.41. The first-order valence-electron chi connectivity index (χ1n) is 12.0. The van der Waals surface area contributed by atoms with Gasteiger partial charge >= 0.3 is 0 Å². The van der Waals surface area contributed by atoms with Crippen molar-refractivity contribution in [2.24, 2.45) is 5.92 Å². The van der Waals surface area contributed by atoms with Gasteiger partial charge in [-0.2, -0.15) is 0 Å². The molecule has 2 rings (SSSR count). The lowest BCUT2D eigenvalue weighted by Gasteiger charge is -2.40. The highest BCUT2D eigenvalue weighted by Crippen LogP contribution is 2.41. The fourth-order valence-electron chi connectivity index (χ4n) is 4.20. The molecule has 0 amide bonds. The Labute approximate surface area is 179 Å². The molecule has 0 saturated heterocycles. The predicted octanol–water partition coefficient (Wildman–Crippen LogP) is 8.23. The molecule has 2 heteroatoms. The van der Waals surface area contributed by atoms with E-state index in [0.29, 0.717) is 19.1 Å². The standard InChI is InChI=1S/C27H42O2/c1-5-8-9-10-11-12-16-23(4)27(28-21-6-2,29-22-7-3)26-20-15-18-24-17-13-14-19-25(24)26/h13-15,17-20,23H,5-12,16,21-22H2,1-4H3. The zero-order valence-corrected chi connectivity index (χ0v) is 19.2. The van der Waals surface area contributed by atoms with E-state index < -0.39 is 5.79 Å². The predicted molar refractivity (Wildman–Crippen MR) is 125 cm³/mol. The van der Waals surface area contributed by atoms with Crippen LogP contribution in [0.3, 0.4) is 0 Å². The molecule has 0 fully saturated rings. The van der Waals surface area contributed by atoms with E-state index in [1.807, 2.05) is 0 Å². The third kappa shape index (κ3) is 6.55. The summed E-state index contributed by atoms with van der Waals surface area (Å²) in [5.74, 6) is -0.367. The van der Waals surface area contributed by atoms with E-state index in [4.69, 9.17) is 9.47 Å². The van der Waals surface area contributed by atoms with Crippen LogP contribution in [-0.2, 0) is 15.3 Å². The lowest BCUT2D eigenvalue weighted by molar-refractivity contribution is -0.275. The Morgan fingerprint density at radius 2 is 1.34 bits per heavy atom. The molecule has 0 heterocycles. The van der Waals surface area contributed by atoms with Crippen molar-refractivity contribution in [3.63, 3.8) is 0 Å². The van der Waals surface area contributed by atoms with Gasteiger partial charge in [-0.1, -0.05) is 109 Å². The van der Waals surface area contributed by atoms with Gasteiger partial charge in [0.15, 0.2) is 5.79 Å². The van der Waals surface area contributed by atoms with Crippen LogP contribution in [0.4, 0.5) is 0 Å². The van der Waals surface area contributed by atoms with Crippen LogP contribution in [0.1, 0.15) is 91.0 Å². The van der Waals surface area contributed by atoms with Crippen molar-refractivity contribution >= 4 is 10.8 Å². The van der Waals surface area contributed by atoms with Crippen molar-refractivity contribution in [3.8, 4) is 0 Å². The monoisotopic (exact) mass is 398 g/mol. The van der Waals surface area contributed by atoms with E-state index in [-0.39, 0.29) is 0 Å². The van der Waals surface area contributed by atoms with Gasteiger partial charge in [-0.05, 0) is 30.0 Å². The van der Waals surface area contributed by atoms with Gasteiger partial charge in [0.25, 0.3) is 0 Å². The third-order valence-electron chi connectivity index (χ3n) is 5.85. The summed E-state index contributed by atoms with van der Waals surface area (Å²) in [5.41, 5.74) is 1.19. The van der Waals surface area contributed by atoms with E-state index in [9.17, 15) is 0 Å². The van der Waals surface area contributed by atoms with Crippen molar-refractivity contribution < 1.29 is 9.47 Å². The number of hydrogen-bond acceptors (Lipinski definition) is 2. The topological polar surface area (TPSA) is 18.5 Å². The van der Waals surface area contributed by atoms with Crippen molar-refractivity contribution in [1.29, 1.82) is 0 Å². The lowest BCUT2D eigenvalue weighted by Crippen LogP contribution is -2.40. The molecule has 2 aromatic carbocycles. The molecule has 29 heavy (non-hydrogen) atoms. The first-order chi connectivity index (χ1) is 14.2. The Morgan fingerprint density at radius 3 is 2.03 bits per heavy atom. The van der Waals surface area contributed by atoms with Crippen molar-refractivity contribution in [2.45, 2.75) is 91.3 Å². The normalized spacial score (nSPS) is 13.1. The molecule has 0 bridgehead atoms. The first-order valence-corrected chi connectivity index (χ1v) is 12.0. The van der Waals surface area contributed by atoms with Gasteiger partial charge in [0.05, 0.1) is 13.2 Å². The maximum absolute atomic E-state index is 6.61. The van der Waals surface area contributed by atoms with Gasteiger partial charge in [0.1, 0.15) is 0 Å². The number of fused-ring (bicyclic) bond motifs is 1. The second-order valence-corrected chi connectivity index (χ2v) is 8.35. The Hall–Kier alpha value is -1.38. The second-order valence-electron chi connectivity index (χ2n) is 8.35. The molecule has 162 valence electrons. The Kier molecular flexibility index (Phi) is 10.7. The van der Waals surface area contributed by atoms with Gasteiger partial charge in [-0.25, -0.2) is 0 Å². The summed E-state index contributed by atoms with van der Waals surface area (Å²) >= 11 is 0. The molecule has 0 aliphatic carbocycles. The number of unbranched alkanes of at least 4 members (excludes halogenated alkanes) is 5. The minimum atomic E-state index is -0.670. The summed E-state index contributed by atoms with van der Waals surface area (Å²) < 4.78 is 13.2. The van der Waals surface area contributed by atoms with Gasteiger partial charge in [-0.3, -0.25) is 0 Å². The van der Waals surface area contributed by atoms with Crippen LogP contribution in [0, 0.1) is 5.92 Å². The van der Waals surface area contributed by atoms with Gasteiger partial charge in [0, 0.05) is 11.5 Å². The van der Waals surface area contributed by atoms with E-state index in [0.717, 1.165) is 19.3 Å². The Balaban J connectivity index is 2.30. The van der Waals surface area contributed by atoms with E-state index >= 15 is 0 Å². The molecule has 2 aromatic rings. The maximum atomic E-state index is 6.61. The summed E-state index contributed by atoms with van der Waals surface area (Å²) in [5, 5.41) is 2.50. The minimum absolute atomic E-state index is 0.303. The van der Waals surface area contributed by atoms with Crippen LogP contribution in [0.5, 0.6) is 0 Å². The smallest absolute Gasteiger partial charge is 0.198 e. The number of ether oxygens (including phenoxy) is 2. The highest BCUT2D eigenvalue weighted by atomic mass is 16.7. The molecule has 0 saturated carbocycles.